The summed E-state index contributed by atoms with van der Waals surface area (Å²) < 4.78 is 0. The van der Waals surface area contributed by atoms with Crippen molar-refractivity contribution in [2.45, 2.75) is 38.6 Å². The lowest BCUT2D eigenvalue weighted by atomic mass is 10.1. The van der Waals surface area contributed by atoms with Crippen LogP contribution in [0.1, 0.15) is 32.6 Å². The van der Waals surface area contributed by atoms with Crippen molar-refractivity contribution in [3.05, 3.63) is 0 Å². The lowest BCUT2D eigenvalue weighted by molar-refractivity contribution is -0.126. The van der Waals surface area contributed by atoms with E-state index in [1.165, 1.54) is 6.92 Å². The second-order valence-corrected chi connectivity index (χ2v) is 4.20. The highest BCUT2D eigenvalue weighted by Gasteiger charge is 2.17. The predicted molar refractivity (Wildman–Crippen MR) is 68.9 cm³/mol. The summed E-state index contributed by atoms with van der Waals surface area (Å²) in [5.74, 6) is -0.0650. The summed E-state index contributed by atoms with van der Waals surface area (Å²) in [4.78, 5) is 22.6. The van der Waals surface area contributed by atoms with Gasteiger partial charge in [-0.05, 0) is 40.4 Å². The summed E-state index contributed by atoms with van der Waals surface area (Å²) in [6, 6.07) is -0.398. The molecule has 0 saturated carbocycles. The van der Waals surface area contributed by atoms with E-state index in [1.54, 1.807) is 7.05 Å². The van der Waals surface area contributed by atoms with E-state index in [2.05, 4.69) is 16.0 Å². The smallest absolute Gasteiger partial charge is 0.237 e. The number of likely N-dealkylation sites (N-methyl/N-ethyl adjacent to an activating group) is 1. The molecule has 0 aromatic carbocycles. The largest absolute Gasteiger partial charge is 0.355 e. The molecule has 100 valence electrons. The first kappa shape index (κ1) is 16.1. The minimum absolute atomic E-state index is 0.0218. The van der Waals surface area contributed by atoms with Gasteiger partial charge in [-0.2, -0.15) is 0 Å². The van der Waals surface area contributed by atoms with Crippen molar-refractivity contribution < 1.29 is 9.59 Å². The molecular formula is C12H25N3O2. The van der Waals surface area contributed by atoms with Gasteiger partial charge in [-0.1, -0.05) is 6.42 Å². The summed E-state index contributed by atoms with van der Waals surface area (Å²) >= 11 is 0. The highest BCUT2D eigenvalue weighted by Crippen LogP contribution is 1.95. The van der Waals surface area contributed by atoms with Crippen LogP contribution in [0.4, 0.5) is 0 Å². The molecule has 0 radical (unpaired) electrons. The highest BCUT2D eigenvalue weighted by atomic mass is 16.2. The second-order valence-electron chi connectivity index (χ2n) is 4.20. The van der Waals surface area contributed by atoms with E-state index in [0.717, 1.165) is 25.8 Å². The Bertz CT molecular complexity index is 232. The van der Waals surface area contributed by atoms with Gasteiger partial charge in [-0.15, -0.1) is 0 Å². The first-order valence-electron chi connectivity index (χ1n) is 6.20. The van der Waals surface area contributed by atoms with Gasteiger partial charge < -0.3 is 16.0 Å². The van der Waals surface area contributed by atoms with Crippen molar-refractivity contribution in [1.29, 1.82) is 0 Å². The van der Waals surface area contributed by atoms with E-state index in [9.17, 15) is 9.59 Å². The number of Topliss-reactive ketones (excluding diaryl/α,β-unsaturated/α-hetero) is 1. The lowest BCUT2D eigenvalue weighted by Gasteiger charge is -2.14. The van der Waals surface area contributed by atoms with Gasteiger partial charge >= 0.3 is 0 Å². The fourth-order valence-electron chi connectivity index (χ4n) is 1.55. The molecule has 1 amide bonds. The lowest BCUT2D eigenvalue weighted by Crippen LogP contribution is -2.43. The molecule has 0 aromatic rings. The molecule has 0 aliphatic rings. The maximum absolute atomic E-state index is 11.7. The van der Waals surface area contributed by atoms with Crippen molar-refractivity contribution in [3.63, 3.8) is 0 Å². The first-order valence-corrected chi connectivity index (χ1v) is 6.20. The number of rotatable bonds is 10. The maximum Gasteiger partial charge on any atom is 0.237 e. The quantitative estimate of drug-likeness (QED) is 0.475. The van der Waals surface area contributed by atoms with Crippen LogP contribution in [0.5, 0.6) is 0 Å². The van der Waals surface area contributed by atoms with E-state index >= 15 is 0 Å². The zero-order valence-electron chi connectivity index (χ0n) is 11.1. The minimum atomic E-state index is -0.398. The topological polar surface area (TPSA) is 70.2 Å². The minimum Gasteiger partial charge on any atom is -0.355 e. The average Bonchev–Trinajstić information content (AvgIpc) is 2.30. The molecule has 0 saturated heterocycles. The molecule has 0 aliphatic heterocycles. The van der Waals surface area contributed by atoms with Gasteiger partial charge in [0.15, 0.2) is 0 Å². The number of carbonyl (C=O) groups is 2. The molecular weight excluding hydrogens is 218 g/mol. The molecule has 0 aliphatic carbocycles. The Balaban J connectivity index is 3.64. The van der Waals surface area contributed by atoms with Gasteiger partial charge in [-0.25, -0.2) is 0 Å². The number of carbonyl (C=O) groups excluding carboxylic acids is 2. The normalized spacial score (nSPS) is 12.2. The molecule has 5 heteroatoms. The summed E-state index contributed by atoms with van der Waals surface area (Å²) in [7, 11) is 3.63. The standard InChI is InChI=1S/C12H25N3O2/c1-10(16)9-11(14-3)12(17)15-8-6-4-5-7-13-2/h11,13-14H,4-9H2,1-3H3,(H,15,17). The van der Waals surface area contributed by atoms with Crippen molar-refractivity contribution in [3.8, 4) is 0 Å². The molecule has 1 unspecified atom stereocenters. The third-order valence-corrected chi connectivity index (χ3v) is 2.56. The monoisotopic (exact) mass is 243 g/mol. The summed E-state index contributed by atoms with van der Waals surface area (Å²) in [6.07, 6.45) is 3.44. The van der Waals surface area contributed by atoms with Gasteiger partial charge in [-0.3, -0.25) is 9.59 Å². The first-order chi connectivity index (χ1) is 8.11. The third kappa shape index (κ3) is 8.83. The fraction of sp³-hybridized carbons (Fsp3) is 0.833. The Kier molecular flexibility index (Phi) is 9.66. The Morgan fingerprint density at radius 2 is 1.71 bits per heavy atom. The van der Waals surface area contributed by atoms with Crippen LogP contribution in [0.3, 0.4) is 0 Å². The molecule has 1 atom stereocenters. The molecule has 0 aromatic heterocycles. The Morgan fingerprint density at radius 3 is 2.24 bits per heavy atom. The van der Waals surface area contributed by atoms with Gasteiger partial charge in [0.1, 0.15) is 5.78 Å². The van der Waals surface area contributed by atoms with Crippen LogP contribution in [-0.2, 0) is 9.59 Å². The van der Waals surface area contributed by atoms with E-state index in [0.29, 0.717) is 6.54 Å². The van der Waals surface area contributed by atoms with Crippen molar-refractivity contribution in [2.24, 2.45) is 0 Å². The van der Waals surface area contributed by atoms with Crippen LogP contribution < -0.4 is 16.0 Å². The zero-order valence-corrected chi connectivity index (χ0v) is 11.1. The van der Waals surface area contributed by atoms with Gasteiger partial charge in [0, 0.05) is 13.0 Å². The molecule has 0 rings (SSSR count). The van der Waals surface area contributed by atoms with Crippen LogP contribution in [0, 0.1) is 0 Å². The number of unbranched alkanes of at least 4 members (excludes halogenated alkanes) is 2. The average molecular weight is 243 g/mol. The SMILES string of the molecule is CNCCCCCNC(=O)C(CC(C)=O)NC. The number of nitrogens with one attached hydrogen (secondary N) is 3. The zero-order chi connectivity index (χ0) is 13.1. The van der Waals surface area contributed by atoms with Crippen molar-refractivity contribution >= 4 is 11.7 Å². The van der Waals surface area contributed by atoms with Crippen LogP contribution in [0.15, 0.2) is 0 Å². The second kappa shape index (κ2) is 10.2. The number of hydrogen-bond acceptors (Lipinski definition) is 4. The maximum atomic E-state index is 11.7. The number of amides is 1. The molecule has 0 heterocycles. The Morgan fingerprint density at radius 1 is 1.06 bits per heavy atom. The summed E-state index contributed by atoms with van der Waals surface area (Å²) in [5, 5.41) is 8.77. The predicted octanol–water partition coefficient (Wildman–Crippen LogP) is 0.0594. The van der Waals surface area contributed by atoms with E-state index in [-0.39, 0.29) is 18.1 Å². The molecule has 5 nitrogen and oxygen atoms in total. The van der Waals surface area contributed by atoms with Gasteiger partial charge in [0.2, 0.25) is 5.91 Å². The van der Waals surface area contributed by atoms with Crippen LogP contribution in [0.2, 0.25) is 0 Å². The van der Waals surface area contributed by atoms with Crippen molar-refractivity contribution in [1.82, 2.24) is 16.0 Å². The van der Waals surface area contributed by atoms with E-state index in [4.69, 9.17) is 0 Å². The number of ketones is 1. The van der Waals surface area contributed by atoms with E-state index in [1.807, 2.05) is 7.05 Å². The van der Waals surface area contributed by atoms with Gasteiger partial charge in [0.05, 0.1) is 6.04 Å². The van der Waals surface area contributed by atoms with Crippen molar-refractivity contribution in [2.75, 3.05) is 27.2 Å². The molecule has 17 heavy (non-hydrogen) atoms. The molecule has 0 bridgehead atoms. The molecule has 3 N–H and O–H groups in total. The van der Waals surface area contributed by atoms with Crippen LogP contribution >= 0.6 is 0 Å². The van der Waals surface area contributed by atoms with E-state index < -0.39 is 6.04 Å². The fourth-order valence-corrected chi connectivity index (χ4v) is 1.55. The summed E-state index contributed by atoms with van der Waals surface area (Å²) in [5.41, 5.74) is 0. The Hall–Kier alpha value is -0.940. The molecule has 0 spiro atoms. The highest BCUT2D eigenvalue weighted by molar-refractivity contribution is 5.88. The molecule has 0 fully saturated rings. The number of hydrogen-bond donors (Lipinski definition) is 3. The Labute approximate surface area is 104 Å². The van der Waals surface area contributed by atoms with Crippen LogP contribution in [-0.4, -0.2) is 44.9 Å². The third-order valence-electron chi connectivity index (χ3n) is 2.56. The summed E-state index contributed by atoms with van der Waals surface area (Å²) in [6.45, 7) is 3.19. The van der Waals surface area contributed by atoms with Gasteiger partial charge in [0.25, 0.3) is 0 Å². The van der Waals surface area contributed by atoms with Crippen LogP contribution in [0.25, 0.3) is 0 Å².